The molecule has 0 aromatic heterocycles. The Morgan fingerprint density at radius 2 is 2.00 bits per heavy atom. The third-order valence-corrected chi connectivity index (χ3v) is 2.17. The molecule has 1 aromatic rings. The molecule has 1 aromatic carbocycles. The van der Waals surface area contributed by atoms with Gasteiger partial charge >= 0.3 is 0 Å². The fraction of sp³-hybridized carbons (Fsp3) is 0.417. The molecule has 2 nitrogen and oxygen atoms in total. The first kappa shape index (κ1) is 10.9. The molecule has 0 radical (unpaired) electrons. The van der Waals surface area contributed by atoms with E-state index >= 15 is 0 Å². The van der Waals surface area contributed by atoms with Crippen molar-refractivity contribution in [3.05, 3.63) is 35.4 Å². The van der Waals surface area contributed by atoms with Crippen molar-refractivity contribution < 1.29 is 4.79 Å². The molecule has 2 heteroatoms. The van der Waals surface area contributed by atoms with Gasteiger partial charge in [0.15, 0.2) is 5.78 Å². The standard InChI is InChI=1S/C12H17NO/c1-9(2)12(14)11-7-5-4-6-10(11)8-13-3/h4-7,9,13H,8H2,1-3H3. The van der Waals surface area contributed by atoms with Crippen molar-refractivity contribution in [3.63, 3.8) is 0 Å². The van der Waals surface area contributed by atoms with Crippen LogP contribution < -0.4 is 5.32 Å². The van der Waals surface area contributed by atoms with E-state index < -0.39 is 0 Å². The summed E-state index contributed by atoms with van der Waals surface area (Å²) in [5.41, 5.74) is 1.92. The Balaban J connectivity index is 3.00. The molecule has 0 bridgehead atoms. The number of Topliss-reactive ketones (excluding diaryl/α,β-unsaturated/α-hetero) is 1. The van der Waals surface area contributed by atoms with Crippen molar-refractivity contribution >= 4 is 5.78 Å². The second-order valence-corrected chi connectivity index (χ2v) is 3.71. The summed E-state index contributed by atoms with van der Waals surface area (Å²) in [4.78, 5) is 11.8. The van der Waals surface area contributed by atoms with E-state index in [1.54, 1.807) is 0 Å². The van der Waals surface area contributed by atoms with Crippen LogP contribution in [0.25, 0.3) is 0 Å². The van der Waals surface area contributed by atoms with Crippen LogP contribution in [0.2, 0.25) is 0 Å². The van der Waals surface area contributed by atoms with Gasteiger partial charge in [0.25, 0.3) is 0 Å². The third kappa shape index (κ3) is 2.42. The van der Waals surface area contributed by atoms with E-state index in [2.05, 4.69) is 5.32 Å². The molecule has 0 unspecified atom stereocenters. The lowest BCUT2D eigenvalue weighted by Crippen LogP contribution is -2.14. The summed E-state index contributed by atoms with van der Waals surface area (Å²) >= 11 is 0. The van der Waals surface area contributed by atoms with Crippen molar-refractivity contribution in [2.24, 2.45) is 5.92 Å². The summed E-state index contributed by atoms with van der Waals surface area (Å²) in [6.45, 7) is 4.60. The number of hydrogen-bond donors (Lipinski definition) is 1. The van der Waals surface area contributed by atoms with Crippen molar-refractivity contribution in [1.82, 2.24) is 5.32 Å². The summed E-state index contributed by atoms with van der Waals surface area (Å²) in [6.07, 6.45) is 0. The molecular weight excluding hydrogens is 174 g/mol. The van der Waals surface area contributed by atoms with E-state index in [1.165, 1.54) is 0 Å². The van der Waals surface area contributed by atoms with Gasteiger partial charge in [-0.15, -0.1) is 0 Å². The molecule has 0 spiro atoms. The van der Waals surface area contributed by atoms with E-state index in [9.17, 15) is 4.79 Å². The molecule has 1 rings (SSSR count). The summed E-state index contributed by atoms with van der Waals surface area (Å²) in [6, 6.07) is 7.76. The smallest absolute Gasteiger partial charge is 0.165 e. The fourth-order valence-electron chi connectivity index (χ4n) is 1.42. The Labute approximate surface area is 85.3 Å². The highest BCUT2D eigenvalue weighted by molar-refractivity contribution is 5.98. The minimum Gasteiger partial charge on any atom is -0.316 e. The lowest BCUT2D eigenvalue weighted by atomic mass is 9.96. The van der Waals surface area contributed by atoms with E-state index in [-0.39, 0.29) is 11.7 Å². The molecule has 14 heavy (non-hydrogen) atoms. The van der Waals surface area contributed by atoms with Crippen molar-refractivity contribution in [1.29, 1.82) is 0 Å². The maximum Gasteiger partial charge on any atom is 0.165 e. The lowest BCUT2D eigenvalue weighted by molar-refractivity contribution is 0.0938. The zero-order valence-corrected chi connectivity index (χ0v) is 9.00. The average Bonchev–Trinajstić information content (AvgIpc) is 2.18. The Morgan fingerprint density at radius 3 is 2.57 bits per heavy atom. The van der Waals surface area contributed by atoms with Gasteiger partial charge in [-0.3, -0.25) is 4.79 Å². The highest BCUT2D eigenvalue weighted by Crippen LogP contribution is 2.13. The van der Waals surface area contributed by atoms with Gasteiger partial charge in [-0.05, 0) is 12.6 Å². The van der Waals surface area contributed by atoms with Crippen molar-refractivity contribution in [2.45, 2.75) is 20.4 Å². The van der Waals surface area contributed by atoms with Gasteiger partial charge in [-0.1, -0.05) is 38.1 Å². The molecule has 1 N–H and O–H groups in total. The van der Waals surface area contributed by atoms with Crippen LogP contribution in [-0.2, 0) is 6.54 Å². The van der Waals surface area contributed by atoms with E-state index in [0.717, 1.165) is 17.7 Å². The van der Waals surface area contributed by atoms with Crippen LogP contribution in [0, 0.1) is 5.92 Å². The summed E-state index contributed by atoms with van der Waals surface area (Å²) in [5, 5.41) is 3.07. The van der Waals surface area contributed by atoms with E-state index in [4.69, 9.17) is 0 Å². The predicted molar refractivity (Wildman–Crippen MR) is 58.4 cm³/mol. The van der Waals surface area contributed by atoms with E-state index in [0.29, 0.717) is 0 Å². The Bertz CT molecular complexity index is 318. The Hall–Kier alpha value is -1.15. The lowest BCUT2D eigenvalue weighted by Gasteiger charge is -2.09. The first-order valence-corrected chi connectivity index (χ1v) is 4.93. The highest BCUT2D eigenvalue weighted by atomic mass is 16.1. The number of carbonyl (C=O) groups is 1. The topological polar surface area (TPSA) is 29.1 Å². The summed E-state index contributed by atoms with van der Waals surface area (Å²) in [5.74, 6) is 0.281. The molecule has 0 aliphatic heterocycles. The van der Waals surface area contributed by atoms with Crippen LogP contribution in [0.4, 0.5) is 0 Å². The molecule has 0 fully saturated rings. The maximum absolute atomic E-state index is 11.8. The van der Waals surface area contributed by atoms with Gasteiger partial charge in [-0.2, -0.15) is 0 Å². The number of rotatable bonds is 4. The predicted octanol–water partition coefficient (Wildman–Crippen LogP) is 2.24. The van der Waals surface area contributed by atoms with Gasteiger partial charge in [0.2, 0.25) is 0 Å². The molecule has 0 aliphatic carbocycles. The molecule has 0 saturated heterocycles. The third-order valence-electron chi connectivity index (χ3n) is 2.17. The normalized spacial score (nSPS) is 10.6. The fourth-order valence-corrected chi connectivity index (χ4v) is 1.42. The van der Waals surface area contributed by atoms with Crippen molar-refractivity contribution in [3.8, 4) is 0 Å². The molecule has 0 heterocycles. The first-order chi connectivity index (χ1) is 6.66. The number of ketones is 1. The van der Waals surface area contributed by atoms with Gasteiger partial charge in [0.05, 0.1) is 0 Å². The largest absolute Gasteiger partial charge is 0.316 e. The van der Waals surface area contributed by atoms with E-state index in [1.807, 2.05) is 45.2 Å². The quantitative estimate of drug-likeness (QED) is 0.739. The average molecular weight is 191 g/mol. The van der Waals surface area contributed by atoms with Crippen LogP contribution in [0.3, 0.4) is 0 Å². The zero-order chi connectivity index (χ0) is 10.6. The zero-order valence-electron chi connectivity index (χ0n) is 9.00. The second-order valence-electron chi connectivity index (χ2n) is 3.71. The Morgan fingerprint density at radius 1 is 1.36 bits per heavy atom. The number of carbonyl (C=O) groups excluding carboxylic acids is 1. The first-order valence-electron chi connectivity index (χ1n) is 4.93. The molecular formula is C12H17NO. The van der Waals surface area contributed by atoms with Gasteiger partial charge in [0, 0.05) is 18.0 Å². The van der Waals surface area contributed by atoms with Crippen LogP contribution in [0.15, 0.2) is 24.3 Å². The van der Waals surface area contributed by atoms with Crippen LogP contribution in [0.5, 0.6) is 0 Å². The van der Waals surface area contributed by atoms with Gasteiger partial charge < -0.3 is 5.32 Å². The SMILES string of the molecule is CNCc1ccccc1C(=O)C(C)C. The second kappa shape index (κ2) is 4.91. The minimum absolute atomic E-state index is 0.0630. The number of nitrogens with one attached hydrogen (secondary N) is 1. The molecule has 0 amide bonds. The molecule has 0 aliphatic rings. The summed E-state index contributed by atoms with van der Waals surface area (Å²) < 4.78 is 0. The summed E-state index contributed by atoms with van der Waals surface area (Å²) in [7, 11) is 1.89. The van der Waals surface area contributed by atoms with Crippen LogP contribution >= 0.6 is 0 Å². The number of hydrogen-bond acceptors (Lipinski definition) is 2. The van der Waals surface area contributed by atoms with Crippen molar-refractivity contribution in [2.75, 3.05) is 7.05 Å². The van der Waals surface area contributed by atoms with Crippen LogP contribution in [-0.4, -0.2) is 12.8 Å². The number of benzene rings is 1. The molecule has 76 valence electrons. The monoisotopic (exact) mass is 191 g/mol. The minimum atomic E-state index is 0.0630. The Kier molecular flexibility index (Phi) is 3.84. The van der Waals surface area contributed by atoms with Gasteiger partial charge in [-0.25, -0.2) is 0 Å². The van der Waals surface area contributed by atoms with Crippen LogP contribution in [0.1, 0.15) is 29.8 Å². The highest BCUT2D eigenvalue weighted by Gasteiger charge is 2.13. The maximum atomic E-state index is 11.8. The van der Waals surface area contributed by atoms with Gasteiger partial charge in [0.1, 0.15) is 0 Å². The molecule has 0 atom stereocenters. The molecule has 0 saturated carbocycles.